The summed E-state index contributed by atoms with van der Waals surface area (Å²) in [7, 11) is 0. The Morgan fingerprint density at radius 3 is 1.29 bits per heavy atom. The average molecular weight is 630 g/mol. The van der Waals surface area contributed by atoms with Crippen molar-refractivity contribution in [3.8, 4) is 45.0 Å². The number of allylic oxidation sites excluding steroid dienone is 2. The van der Waals surface area contributed by atoms with Crippen molar-refractivity contribution < 1.29 is 0 Å². The zero-order chi connectivity index (χ0) is 33.4. The van der Waals surface area contributed by atoms with Crippen LogP contribution < -0.4 is 0 Å². The summed E-state index contributed by atoms with van der Waals surface area (Å²) in [6.07, 6.45) is 2.07. The molecular weight excluding hydrogens is 595 g/mol. The molecule has 0 bridgehead atoms. The highest BCUT2D eigenvalue weighted by Crippen LogP contribution is 2.38. The number of benzene rings is 6. The molecule has 3 nitrogen and oxygen atoms in total. The van der Waals surface area contributed by atoms with E-state index in [1.807, 2.05) is 97.9 Å². The predicted molar refractivity (Wildman–Crippen MR) is 206 cm³/mol. The molecule has 0 saturated carbocycles. The molecule has 0 spiro atoms. The number of aromatic nitrogens is 2. The van der Waals surface area contributed by atoms with Crippen LogP contribution in [0.15, 0.2) is 194 Å². The summed E-state index contributed by atoms with van der Waals surface area (Å²) in [5, 5.41) is 0. The van der Waals surface area contributed by atoms with Gasteiger partial charge in [-0.25, -0.2) is 9.97 Å². The molecular formula is C46H35N3. The first-order valence-electron chi connectivity index (χ1n) is 16.4. The fourth-order valence-corrected chi connectivity index (χ4v) is 5.86. The van der Waals surface area contributed by atoms with E-state index in [-0.39, 0.29) is 0 Å². The number of hydrogen-bond acceptors (Lipinski definition) is 3. The highest BCUT2D eigenvalue weighted by Gasteiger charge is 2.20. The second-order valence-electron chi connectivity index (χ2n) is 11.8. The lowest BCUT2D eigenvalue weighted by atomic mass is 9.97. The van der Waals surface area contributed by atoms with Crippen molar-refractivity contribution >= 4 is 17.0 Å². The van der Waals surface area contributed by atoms with Crippen LogP contribution >= 0.6 is 0 Å². The van der Waals surface area contributed by atoms with Gasteiger partial charge in [-0.05, 0) is 35.8 Å². The molecule has 1 heterocycles. The number of rotatable bonds is 9. The topological polar surface area (TPSA) is 38.1 Å². The minimum absolute atomic E-state index is 0.802. The van der Waals surface area contributed by atoms with E-state index in [1.54, 1.807) is 0 Å². The number of nitrogens with zero attached hydrogens (tertiary/aromatic N) is 3. The van der Waals surface area contributed by atoms with Crippen LogP contribution in [0.1, 0.15) is 23.6 Å². The number of aliphatic imine (C=N–C) groups is 1. The van der Waals surface area contributed by atoms with Crippen LogP contribution in [0.5, 0.6) is 0 Å². The van der Waals surface area contributed by atoms with Crippen molar-refractivity contribution in [3.05, 3.63) is 205 Å². The largest absolute Gasteiger partial charge is 0.252 e. The standard InChI is InChI=1S/C46H35N3/c1-33(35-19-8-3-9-20-35)31-42(47-34(2)36-21-10-4-11-22-36)40-29-18-30-41(32-40)46-45(39-27-16-7-17-28-39)48-43(37-23-12-5-13-24-37)44(49-46)38-25-14-6-15-26-38/h3-32H,1H2,2H3/b42-31-,47-34?. The smallest absolute Gasteiger partial charge is 0.0973 e. The van der Waals surface area contributed by atoms with Crippen molar-refractivity contribution in [2.75, 3.05) is 0 Å². The van der Waals surface area contributed by atoms with Gasteiger partial charge >= 0.3 is 0 Å². The molecule has 6 aromatic carbocycles. The Bertz CT molecular complexity index is 2260. The summed E-state index contributed by atoms with van der Waals surface area (Å²) < 4.78 is 0. The second kappa shape index (κ2) is 14.5. The van der Waals surface area contributed by atoms with Crippen molar-refractivity contribution in [2.24, 2.45) is 4.99 Å². The molecule has 3 heteroatoms. The lowest BCUT2D eigenvalue weighted by molar-refractivity contribution is 1.21. The van der Waals surface area contributed by atoms with Gasteiger partial charge in [0.2, 0.25) is 0 Å². The first-order valence-corrected chi connectivity index (χ1v) is 16.4. The van der Waals surface area contributed by atoms with Crippen LogP contribution in [0.25, 0.3) is 56.3 Å². The van der Waals surface area contributed by atoms with Gasteiger partial charge in [0.25, 0.3) is 0 Å². The van der Waals surface area contributed by atoms with E-state index >= 15 is 0 Å². The SMILES string of the molecule is C=C(/C=C(\N=C(C)c1ccccc1)c1cccc(-c2nc(-c3ccccc3)c(-c3ccccc3)nc2-c2ccccc2)c1)c1ccccc1. The van der Waals surface area contributed by atoms with E-state index < -0.39 is 0 Å². The zero-order valence-corrected chi connectivity index (χ0v) is 27.4. The second-order valence-corrected chi connectivity index (χ2v) is 11.8. The molecule has 0 fully saturated rings. The van der Waals surface area contributed by atoms with Gasteiger partial charge in [-0.3, -0.25) is 4.99 Å². The average Bonchev–Trinajstić information content (AvgIpc) is 3.19. The molecule has 7 rings (SSSR count). The Hall–Kier alpha value is -6.45. The van der Waals surface area contributed by atoms with Crippen LogP contribution in [-0.4, -0.2) is 15.7 Å². The van der Waals surface area contributed by atoms with Crippen LogP contribution in [-0.2, 0) is 0 Å². The third-order valence-electron chi connectivity index (χ3n) is 8.40. The van der Waals surface area contributed by atoms with Gasteiger partial charge in [0.05, 0.1) is 28.5 Å². The summed E-state index contributed by atoms with van der Waals surface area (Å²) in [6, 6.07) is 59.8. The predicted octanol–water partition coefficient (Wildman–Crippen LogP) is 11.7. The minimum atomic E-state index is 0.802. The molecule has 0 aliphatic heterocycles. The van der Waals surface area contributed by atoms with E-state index in [9.17, 15) is 0 Å². The Morgan fingerprint density at radius 2 is 0.816 bits per heavy atom. The third-order valence-corrected chi connectivity index (χ3v) is 8.40. The summed E-state index contributed by atoms with van der Waals surface area (Å²) in [6.45, 7) is 6.47. The van der Waals surface area contributed by atoms with Crippen LogP contribution in [0.2, 0.25) is 0 Å². The van der Waals surface area contributed by atoms with Crippen LogP contribution in [0, 0.1) is 0 Å². The third kappa shape index (κ3) is 7.12. The molecule has 0 unspecified atom stereocenters. The maximum atomic E-state index is 5.45. The molecule has 0 saturated heterocycles. The van der Waals surface area contributed by atoms with Crippen LogP contribution in [0.3, 0.4) is 0 Å². The summed E-state index contributed by atoms with van der Waals surface area (Å²) >= 11 is 0. The molecule has 0 amide bonds. The van der Waals surface area contributed by atoms with Gasteiger partial charge in [0, 0.05) is 33.5 Å². The molecule has 234 valence electrons. The van der Waals surface area contributed by atoms with Crippen LogP contribution in [0.4, 0.5) is 0 Å². The maximum Gasteiger partial charge on any atom is 0.0973 e. The minimum Gasteiger partial charge on any atom is -0.252 e. The fourth-order valence-electron chi connectivity index (χ4n) is 5.86. The van der Waals surface area contributed by atoms with Gasteiger partial charge in [0.1, 0.15) is 0 Å². The maximum absolute atomic E-state index is 5.45. The lowest BCUT2D eigenvalue weighted by Crippen LogP contribution is -2.01. The van der Waals surface area contributed by atoms with E-state index in [4.69, 9.17) is 15.0 Å². The molecule has 0 radical (unpaired) electrons. The molecule has 0 N–H and O–H groups in total. The molecule has 7 aromatic rings. The van der Waals surface area contributed by atoms with Gasteiger partial charge in [-0.2, -0.15) is 0 Å². The summed E-state index contributed by atoms with van der Waals surface area (Å²) in [4.78, 5) is 16.0. The number of hydrogen-bond donors (Lipinski definition) is 0. The van der Waals surface area contributed by atoms with E-state index in [0.29, 0.717) is 0 Å². The lowest BCUT2D eigenvalue weighted by Gasteiger charge is -2.16. The monoisotopic (exact) mass is 629 g/mol. The van der Waals surface area contributed by atoms with Crippen molar-refractivity contribution in [1.29, 1.82) is 0 Å². The van der Waals surface area contributed by atoms with Gasteiger partial charge < -0.3 is 0 Å². The van der Waals surface area contributed by atoms with E-state index in [2.05, 4.69) is 97.6 Å². The Morgan fingerprint density at radius 1 is 0.449 bits per heavy atom. The van der Waals surface area contributed by atoms with Gasteiger partial charge in [0.15, 0.2) is 0 Å². The quantitative estimate of drug-likeness (QED) is 0.118. The molecule has 49 heavy (non-hydrogen) atoms. The Balaban J connectivity index is 1.44. The van der Waals surface area contributed by atoms with Gasteiger partial charge in [-0.1, -0.05) is 176 Å². The fraction of sp³-hybridized carbons (Fsp3) is 0.0217. The highest BCUT2D eigenvalue weighted by molar-refractivity contribution is 6.02. The first-order chi connectivity index (χ1) is 24.1. The molecule has 0 aliphatic rings. The highest BCUT2D eigenvalue weighted by atomic mass is 14.9. The van der Waals surface area contributed by atoms with Crippen molar-refractivity contribution in [2.45, 2.75) is 6.92 Å². The zero-order valence-electron chi connectivity index (χ0n) is 27.4. The van der Waals surface area contributed by atoms with E-state index in [1.165, 1.54) is 0 Å². The van der Waals surface area contributed by atoms with Crippen molar-refractivity contribution in [3.63, 3.8) is 0 Å². The van der Waals surface area contributed by atoms with E-state index in [0.717, 1.165) is 78.7 Å². The Labute approximate surface area is 288 Å². The normalized spacial score (nSPS) is 11.7. The molecule has 0 atom stereocenters. The summed E-state index contributed by atoms with van der Waals surface area (Å²) in [5.74, 6) is 0. The first kappa shape index (κ1) is 31.2. The Kier molecular flexibility index (Phi) is 9.25. The van der Waals surface area contributed by atoms with Crippen molar-refractivity contribution in [1.82, 2.24) is 9.97 Å². The van der Waals surface area contributed by atoms with Gasteiger partial charge in [-0.15, -0.1) is 0 Å². The molecule has 1 aromatic heterocycles. The molecule has 0 aliphatic carbocycles. The summed E-state index contributed by atoms with van der Waals surface area (Å²) in [5.41, 5.74) is 13.0.